The molecule has 1 unspecified atom stereocenters. The lowest BCUT2D eigenvalue weighted by Crippen LogP contribution is -2.43. The molecule has 1 rings (SSSR count). The van der Waals surface area contributed by atoms with E-state index < -0.39 is 0 Å². The Bertz CT molecular complexity index is 576. The summed E-state index contributed by atoms with van der Waals surface area (Å²) in [5.74, 6) is -0.329. The standard InChI is InChI=1S/C19H29Cl2N3O2/c1-4-6-7-9-14(3)22-17(25)12-24(5-2)13-18(26)23-19-15(20)10-8-11-16(19)21/h8,10-11,14H,4-7,9,12-13H2,1-3H3,(H,22,25)(H,23,26). The van der Waals surface area contributed by atoms with Gasteiger partial charge in [0.05, 0.1) is 28.8 Å². The number of carbonyl (C=O) groups excluding carboxylic acids is 2. The summed E-state index contributed by atoms with van der Waals surface area (Å²) in [5.41, 5.74) is 0.394. The van der Waals surface area contributed by atoms with E-state index in [1.165, 1.54) is 6.42 Å². The quantitative estimate of drug-likeness (QED) is 0.542. The Morgan fingerprint density at radius 1 is 1.08 bits per heavy atom. The lowest BCUT2D eigenvalue weighted by molar-refractivity contribution is -0.123. The highest BCUT2D eigenvalue weighted by Gasteiger charge is 2.16. The molecule has 146 valence electrons. The minimum absolute atomic E-state index is 0.0700. The summed E-state index contributed by atoms with van der Waals surface area (Å²) in [6, 6.07) is 5.18. The molecule has 0 spiro atoms. The van der Waals surface area contributed by atoms with Crippen LogP contribution in [0.2, 0.25) is 10.0 Å². The summed E-state index contributed by atoms with van der Waals surface area (Å²) in [7, 11) is 0. The maximum atomic E-state index is 12.3. The third-order valence-corrected chi connectivity index (χ3v) is 4.69. The second kappa shape index (κ2) is 12.2. The minimum Gasteiger partial charge on any atom is -0.353 e. The number of likely N-dealkylation sites (N-methyl/N-ethyl adjacent to an activating group) is 1. The van der Waals surface area contributed by atoms with Gasteiger partial charge < -0.3 is 10.6 Å². The van der Waals surface area contributed by atoms with Crippen molar-refractivity contribution in [2.24, 2.45) is 0 Å². The first kappa shape index (κ1) is 22.7. The van der Waals surface area contributed by atoms with Crippen molar-refractivity contribution < 1.29 is 9.59 Å². The molecule has 0 aliphatic carbocycles. The summed E-state index contributed by atoms with van der Waals surface area (Å²) < 4.78 is 0. The third-order valence-electron chi connectivity index (χ3n) is 4.06. The second-order valence-electron chi connectivity index (χ2n) is 6.41. The second-order valence-corrected chi connectivity index (χ2v) is 7.23. The highest BCUT2D eigenvalue weighted by molar-refractivity contribution is 6.39. The summed E-state index contributed by atoms with van der Waals surface area (Å²) in [6.45, 7) is 6.93. The van der Waals surface area contributed by atoms with E-state index in [0.29, 0.717) is 22.3 Å². The van der Waals surface area contributed by atoms with Crippen LogP contribution in [0.15, 0.2) is 18.2 Å². The Morgan fingerprint density at radius 2 is 1.69 bits per heavy atom. The van der Waals surface area contributed by atoms with Crippen LogP contribution in [0.3, 0.4) is 0 Å². The van der Waals surface area contributed by atoms with Crippen LogP contribution in [-0.2, 0) is 9.59 Å². The number of anilines is 1. The Balaban J connectivity index is 2.48. The van der Waals surface area contributed by atoms with Crippen molar-refractivity contribution in [2.75, 3.05) is 25.0 Å². The van der Waals surface area contributed by atoms with Gasteiger partial charge in [0, 0.05) is 6.04 Å². The van der Waals surface area contributed by atoms with E-state index in [1.807, 2.05) is 13.8 Å². The number of nitrogens with zero attached hydrogens (tertiary/aromatic N) is 1. The molecule has 0 bridgehead atoms. The number of benzene rings is 1. The Kier molecular flexibility index (Phi) is 10.6. The molecule has 26 heavy (non-hydrogen) atoms. The zero-order valence-corrected chi connectivity index (χ0v) is 17.3. The maximum absolute atomic E-state index is 12.3. The molecule has 0 saturated carbocycles. The van der Waals surface area contributed by atoms with Crippen LogP contribution in [-0.4, -0.2) is 42.4 Å². The van der Waals surface area contributed by atoms with Gasteiger partial charge in [-0.3, -0.25) is 14.5 Å². The topological polar surface area (TPSA) is 61.4 Å². The zero-order chi connectivity index (χ0) is 19.5. The van der Waals surface area contributed by atoms with Crippen LogP contribution in [0.4, 0.5) is 5.69 Å². The average Bonchev–Trinajstić information content (AvgIpc) is 2.57. The molecule has 0 aromatic heterocycles. The number of para-hydroxylation sites is 1. The van der Waals surface area contributed by atoms with E-state index in [-0.39, 0.29) is 30.9 Å². The molecule has 1 aromatic carbocycles. The summed E-state index contributed by atoms with van der Waals surface area (Å²) in [4.78, 5) is 26.2. The summed E-state index contributed by atoms with van der Waals surface area (Å²) in [5, 5.41) is 6.47. The predicted octanol–water partition coefficient (Wildman–Crippen LogP) is 4.34. The Labute approximate surface area is 166 Å². The van der Waals surface area contributed by atoms with Gasteiger partial charge in [-0.2, -0.15) is 0 Å². The van der Waals surface area contributed by atoms with E-state index >= 15 is 0 Å². The monoisotopic (exact) mass is 401 g/mol. The molecule has 2 amide bonds. The van der Waals surface area contributed by atoms with Gasteiger partial charge in [0.15, 0.2) is 0 Å². The number of hydrogen-bond donors (Lipinski definition) is 2. The van der Waals surface area contributed by atoms with E-state index in [2.05, 4.69) is 17.6 Å². The molecule has 0 radical (unpaired) electrons. The first-order valence-electron chi connectivity index (χ1n) is 9.12. The fourth-order valence-corrected chi connectivity index (χ4v) is 3.07. The smallest absolute Gasteiger partial charge is 0.238 e. The molecule has 0 fully saturated rings. The van der Waals surface area contributed by atoms with E-state index in [0.717, 1.165) is 19.3 Å². The third kappa shape index (κ3) is 8.39. The lowest BCUT2D eigenvalue weighted by atomic mass is 10.1. The number of nitrogens with one attached hydrogen (secondary N) is 2. The van der Waals surface area contributed by atoms with Crippen LogP contribution in [0, 0.1) is 0 Å². The maximum Gasteiger partial charge on any atom is 0.238 e. The zero-order valence-electron chi connectivity index (χ0n) is 15.8. The van der Waals surface area contributed by atoms with Crippen molar-refractivity contribution in [3.05, 3.63) is 28.2 Å². The number of halogens is 2. The molecule has 5 nitrogen and oxygen atoms in total. The van der Waals surface area contributed by atoms with Crippen molar-refractivity contribution in [1.82, 2.24) is 10.2 Å². The van der Waals surface area contributed by atoms with Crippen LogP contribution in [0.5, 0.6) is 0 Å². The first-order chi connectivity index (χ1) is 12.4. The number of rotatable bonds is 11. The van der Waals surface area contributed by atoms with Gasteiger partial charge >= 0.3 is 0 Å². The summed E-state index contributed by atoms with van der Waals surface area (Å²) in [6.07, 6.45) is 4.41. The summed E-state index contributed by atoms with van der Waals surface area (Å²) >= 11 is 12.1. The molecule has 0 aliphatic heterocycles. The Morgan fingerprint density at radius 3 is 2.27 bits per heavy atom. The highest BCUT2D eigenvalue weighted by Crippen LogP contribution is 2.29. The lowest BCUT2D eigenvalue weighted by Gasteiger charge is -2.21. The van der Waals surface area contributed by atoms with Crippen LogP contribution < -0.4 is 10.6 Å². The highest BCUT2D eigenvalue weighted by atomic mass is 35.5. The number of amides is 2. The molecule has 2 N–H and O–H groups in total. The fourth-order valence-electron chi connectivity index (χ4n) is 2.58. The SMILES string of the molecule is CCCCCC(C)NC(=O)CN(CC)CC(=O)Nc1c(Cl)cccc1Cl. The average molecular weight is 402 g/mol. The molecular weight excluding hydrogens is 373 g/mol. The predicted molar refractivity (Wildman–Crippen MR) is 109 cm³/mol. The molecule has 0 heterocycles. The van der Waals surface area contributed by atoms with Gasteiger partial charge in [-0.1, -0.05) is 62.4 Å². The van der Waals surface area contributed by atoms with Gasteiger partial charge in [0.25, 0.3) is 0 Å². The van der Waals surface area contributed by atoms with E-state index in [1.54, 1.807) is 23.1 Å². The van der Waals surface area contributed by atoms with Crippen molar-refractivity contribution in [3.8, 4) is 0 Å². The van der Waals surface area contributed by atoms with Crippen molar-refractivity contribution in [1.29, 1.82) is 0 Å². The van der Waals surface area contributed by atoms with Crippen LogP contribution in [0.25, 0.3) is 0 Å². The largest absolute Gasteiger partial charge is 0.353 e. The van der Waals surface area contributed by atoms with E-state index in [4.69, 9.17) is 23.2 Å². The van der Waals surface area contributed by atoms with Crippen molar-refractivity contribution in [3.63, 3.8) is 0 Å². The Hall–Kier alpha value is -1.30. The fraction of sp³-hybridized carbons (Fsp3) is 0.579. The van der Waals surface area contributed by atoms with Crippen LogP contribution in [0.1, 0.15) is 46.5 Å². The van der Waals surface area contributed by atoms with E-state index in [9.17, 15) is 9.59 Å². The van der Waals surface area contributed by atoms with Gasteiger partial charge in [-0.25, -0.2) is 0 Å². The molecule has 1 atom stereocenters. The van der Waals surface area contributed by atoms with Gasteiger partial charge in [-0.05, 0) is 32.0 Å². The van der Waals surface area contributed by atoms with Gasteiger partial charge in [0.2, 0.25) is 11.8 Å². The molecule has 7 heteroatoms. The minimum atomic E-state index is -0.259. The number of hydrogen-bond acceptors (Lipinski definition) is 3. The molecule has 0 saturated heterocycles. The van der Waals surface area contributed by atoms with Gasteiger partial charge in [0.1, 0.15) is 0 Å². The molecule has 0 aliphatic rings. The normalized spacial score (nSPS) is 12.1. The molecular formula is C19H29Cl2N3O2. The van der Waals surface area contributed by atoms with Crippen molar-refractivity contribution in [2.45, 2.75) is 52.5 Å². The van der Waals surface area contributed by atoms with Gasteiger partial charge in [-0.15, -0.1) is 0 Å². The first-order valence-corrected chi connectivity index (χ1v) is 9.88. The van der Waals surface area contributed by atoms with Crippen LogP contribution >= 0.6 is 23.2 Å². The molecule has 1 aromatic rings. The van der Waals surface area contributed by atoms with Crippen molar-refractivity contribution >= 4 is 40.7 Å². The number of carbonyl (C=O) groups is 2. The number of unbranched alkanes of at least 4 members (excludes halogenated alkanes) is 2.